The predicted octanol–water partition coefficient (Wildman–Crippen LogP) is 1.84. The van der Waals surface area contributed by atoms with E-state index in [0.29, 0.717) is 19.8 Å². The summed E-state index contributed by atoms with van der Waals surface area (Å²) < 4.78 is 52.9. The van der Waals surface area contributed by atoms with Crippen molar-refractivity contribution < 1.29 is 26.7 Å². The number of ether oxygens (including phenoxy) is 1. The molecule has 2 rings (SSSR count). The Morgan fingerprint density at radius 3 is 2.82 bits per heavy atom. The van der Waals surface area contributed by atoms with Gasteiger partial charge < -0.3 is 15.4 Å². The Hall–Kier alpha value is -1.74. The van der Waals surface area contributed by atoms with E-state index < -0.39 is 26.5 Å². The van der Waals surface area contributed by atoms with E-state index in [0.717, 1.165) is 18.6 Å². The highest BCUT2D eigenvalue weighted by atomic mass is 32.2. The van der Waals surface area contributed by atoms with Gasteiger partial charge in [-0.15, -0.1) is 0 Å². The fourth-order valence-corrected chi connectivity index (χ4v) is 2.78. The van der Waals surface area contributed by atoms with Crippen LogP contribution in [0.3, 0.4) is 0 Å². The lowest BCUT2D eigenvalue weighted by Gasteiger charge is -2.11. The van der Waals surface area contributed by atoms with Gasteiger partial charge in [0.2, 0.25) is 9.84 Å². The minimum absolute atomic E-state index is 0.127. The molecule has 2 N–H and O–H groups in total. The van der Waals surface area contributed by atoms with E-state index in [1.54, 1.807) is 0 Å². The lowest BCUT2D eigenvalue weighted by Crippen LogP contribution is -2.33. The molecule has 0 spiro atoms. The maximum absolute atomic E-state index is 12.5. The Kier molecular flexibility index (Phi) is 5.30. The van der Waals surface area contributed by atoms with Gasteiger partial charge in [-0.3, -0.25) is 0 Å². The molecule has 0 aliphatic carbocycles. The minimum Gasteiger partial charge on any atom is -0.381 e. The van der Waals surface area contributed by atoms with Crippen LogP contribution in [0.25, 0.3) is 0 Å². The molecule has 0 radical (unpaired) electrons. The third kappa shape index (κ3) is 4.14. The molecule has 122 valence electrons. The molecule has 0 saturated carbocycles. The first-order valence-corrected chi connectivity index (χ1v) is 8.19. The Morgan fingerprint density at radius 2 is 2.18 bits per heavy atom. The number of sulfone groups is 1. The molecule has 1 heterocycles. The Bertz CT molecular complexity index is 631. The average molecular weight is 334 g/mol. The topological polar surface area (TPSA) is 84.5 Å². The molecular formula is C13H16F2N2O4S. The second kappa shape index (κ2) is 7.01. The number of rotatable bonds is 5. The summed E-state index contributed by atoms with van der Waals surface area (Å²) in [5.74, 6) is -3.25. The van der Waals surface area contributed by atoms with Gasteiger partial charge in [0.1, 0.15) is 0 Å². The Balaban J connectivity index is 1.96. The van der Waals surface area contributed by atoms with Crippen LogP contribution in [0.5, 0.6) is 0 Å². The lowest BCUT2D eigenvalue weighted by atomic mass is 10.1. The number of amides is 2. The van der Waals surface area contributed by atoms with Crippen molar-refractivity contribution in [1.29, 1.82) is 0 Å². The zero-order chi connectivity index (χ0) is 16.2. The SMILES string of the molecule is O=C(NC[C@@H]1CCOC1)Nc1cccc(S(=O)(=O)C(F)F)c1. The van der Waals surface area contributed by atoms with Crippen LogP contribution >= 0.6 is 0 Å². The zero-order valence-corrected chi connectivity index (χ0v) is 12.4. The van der Waals surface area contributed by atoms with Gasteiger partial charge in [-0.05, 0) is 24.6 Å². The second-order valence-corrected chi connectivity index (χ2v) is 6.82. The van der Waals surface area contributed by atoms with Crippen LogP contribution in [-0.4, -0.2) is 40.0 Å². The number of hydrogen-bond acceptors (Lipinski definition) is 4. The highest BCUT2D eigenvalue weighted by molar-refractivity contribution is 7.91. The number of carbonyl (C=O) groups excluding carboxylic acids is 1. The first kappa shape index (κ1) is 16.6. The van der Waals surface area contributed by atoms with Crippen LogP contribution in [0.1, 0.15) is 6.42 Å². The van der Waals surface area contributed by atoms with Gasteiger partial charge >= 0.3 is 11.8 Å². The van der Waals surface area contributed by atoms with E-state index in [-0.39, 0.29) is 11.6 Å². The number of nitrogens with one attached hydrogen (secondary N) is 2. The molecule has 1 fully saturated rings. The predicted molar refractivity (Wildman–Crippen MR) is 75.6 cm³/mol. The zero-order valence-electron chi connectivity index (χ0n) is 11.6. The molecule has 2 amide bonds. The van der Waals surface area contributed by atoms with Crippen molar-refractivity contribution >= 4 is 21.6 Å². The van der Waals surface area contributed by atoms with Gasteiger partial charge in [-0.2, -0.15) is 8.78 Å². The molecule has 6 nitrogen and oxygen atoms in total. The van der Waals surface area contributed by atoms with Gasteiger partial charge in [0, 0.05) is 24.8 Å². The summed E-state index contributed by atoms with van der Waals surface area (Å²) in [6.45, 7) is 1.69. The summed E-state index contributed by atoms with van der Waals surface area (Å²) in [5, 5.41) is 5.04. The summed E-state index contributed by atoms with van der Waals surface area (Å²) in [4.78, 5) is 11.2. The van der Waals surface area contributed by atoms with Gasteiger partial charge in [0.15, 0.2) is 0 Å². The molecule has 0 bridgehead atoms. The standard InChI is InChI=1S/C13H16F2N2O4S/c14-12(15)22(19,20)11-3-1-2-10(6-11)17-13(18)16-7-9-4-5-21-8-9/h1-3,6,9,12H,4-5,7-8H2,(H2,16,17,18)/t9-/m0/s1. The van der Waals surface area contributed by atoms with Crippen molar-refractivity contribution in [3.05, 3.63) is 24.3 Å². The molecule has 22 heavy (non-hydrogen) atoms. The van der Waals surface area contributed by atoms with Crippen molar-refractivity contribution in [3.8, 4) is 0 Å². The van der Waals surface area contributed by atoms with Crippen LogP contribution in [-0.2, 0) is 14.6 Å². The first-order chi connectivity index (χ1) is 10.4. The highest BCUT2D eigenvalue weighted by Gasteiger charge is 2.26. The number of halogens is 2. The maximum atomic E-state index is 12.5. The van der Waals surface area contributed by atoms with E-state index in [9.17, 15) is 22.0 Å². The lowest BCUT2D eigenvalue weighted by molar-refractivity contribution is 0.185. The molecule has 0 aromatic heterocycles. The quantitative estimate of drug-likeness (QED) is 0.860. The smallest absolute Gasteiger partial charge is 0.341 e. The van der Waals surface area contributed by atoms with Gasteiger partial charge in [-0.1, -0.05) is 6.07 Å². The number of benzene rings is 1. The van der Waals surface area contributed by atoms with Gasteiger partial charge in [0.05, 0.1) is 11.5 Å². The molecular weight excluding hydrogens is 318 g/mol. The summed E-state index contributed by atoms with van der Waals surface area (Å²) in [5.41, 5.74) is 0.127. The summed E-state index contributed by atoms with van der Waals surface area (Å²) in [6, 6.07) is 4.23. The molecule has 9 heteroatoms. The van der Waals surface area contributed by atoms with Crippen LogP contribution in [0.4, 0.5) is 19.3 Å². The van der Waals surface area contributed by atoms with E-state index in [1.165, 1.54) is 12.1 Å². The maximum Gasteiger partial charge on any atom is 0.341 e. The normalized spacial score (nSPS) is 18.4. The van der Waals surface area contributed by atoms with Gasteiger partial charge in [-0.25, -0.2) is 13.2 Å². The molecule has 0 unspecified atom stereocenters. The first-order valence-electron chi connectivity index (χ1n) is 6.64. The van der Waals surface area contributed by atoms with E-state index in [1.807, 2.05) is 0 Å². The molecule has 1 aromatic rings. The van der Waals surface area contributed by atoms with Crippen molar-refractivity contribution in [2.45, 2.75) is 17.1 Å². The molecule has 1 aliphatic rings. The summed E-state index contributed by atoms with van der Waals surface area (Å²) >= 11 is 0. The van der Waals surface area contributed by atoms with Gasteiger partial charge in [0.25, 0.3) is 0 Å². The molecule has 1 atom stereocenters. The minimum atomic E-state index is -4.68. The monoisotopic (exact) mass is 334 g/mol. The fraction of sp³-hybridized carbons (Fsp3) is 0.462. The summed E-state index contributed by atoms with van der Waals surface area (Å²) in [6.07, 6.45) is 0.863. The van der Waals surface area contributed by atoms with Crippen LogP contribution < -0.4 is 10.6 Å². The highest BCUT2D eigenvalue weighted by Crippen LogP contribution is 2.21. The number of alkyl halides is 2. The second-order valence-electron chi connectivity index (χ2n) is 4.90. The van der Waals surface area contributed by atoms with Crippen molar-refractivity contribution in [2.75, 3.05) is 25.1 Å². The van der Waals surface area contributed by atoms with Crippen molar-refractivity contribution in [1.82, 2.24) is 5.32 Å². The van der Waals surface area contributed by atoms with Crippen molar-refractivity contribution in [2.24, 2.45) is 5.92 Å². The third-order valence-corrected chi connectivity index (χ3v) is 4.61. The van der Waals surface area contributed by atoms with E-state index in [2.05, 4.69) is 10.6 Å². The van der Waals surface area contributed by atoms with Crippen LogP contribution in [0.2, 0.25) is 0 Å². The molecule has 1 aliphatic heterocycles. The van der Waals surface area contributed by atoms with E-state index >= 15 is 0 Å². The van der Waals surface area contributed by atoms with E-state index in [4.69, 9.17) is 4.74 Å². The van der Waals surface area contributed by atoms with Crippen LogP contribution in [0, 0.1) is 5.92 Å². The number of urea groups is 1. The largest absolute Gasteiger partial charge is 0.381 e. The third-order valence-electron chi connectivity index (χ3n) is 3.23. The fourth-order valence-electron chi connectivity index (χ4n) is 2.01. The average Bonchev–Trinajstić information content (AvgIpc) is 2.98. The van der Waals surface area contributed by atoms with Crippen LogP contribution in [0.15, 0.2) is 29.2 Å². The van der Waals surface area contributed by atoms with Crippen molar-refractivity contribution in [3.63, 3.8) is 0 Å². The molecule has 1 aromatic carbocycles. The number of anilines is 1. The number of hydrogen-bond donors (Lipinski definition) is 2. The number of carbonyl (C=O) groups is 1. The molecule has 1 saturated heterocycles. The Morgan fingerprint density at radius 1 is 1.41 bits per heavy atom. The Labute approximate surface area is 126 Å². The summed E-state index contributed by atoms with van der Waals surface area (Å²) in [7, 11) is -4.68.